The SMILES string of the molecule is Cc1ccc([N+](=O)[O-])c(N2CC/C(=C\c3noc(-c4ccccc4)n3)C2)n1. The molecule has 0 amide bonds. The summed E-state index contributed by atoms with van der Waals surface area (Å²) >= 11 is 0. The zero-order valence-electron chi connectivity index (χ0n) is 14.7. The van der Waals surface area contributed by atoms with Crippen molar-refractivity contribution in [3.8, 4) is 11.5 Å². The summed E-state index contributed by atoms with van der Waals surface area (Å²) in [7, 11) is 0. The molecule has 0 bridgehead atoms. The second-order valence-corrected chi connectivity index (χ2v) is 6.35. The Morgan fingerprint density at radius 1 is 1.19 bits per heavy atom. The summed E-state index contributed by atoms with van der Waals surface area (Å²) < 4.78 is 5.32. The summed E-state index contributed by atoms with van der Waals surface area (Å²) in [4.78, 5) is 21.6. The van der Waals surface area contributed by atoms with Gasteiger partial charge in [-0.05, 0) is 43.2 Å². The Hall–Kier alpha value is -3.55. The molecular weight excluding hydrogens is 346 g/mol. The molecule has 3 heterocycles. The average molecular weight is 363 g/mol. The van der Waals surface area contributed by atoms with Gasteiger partial charge >= 0.3 is 5.69 Å². The van der Waals surface area contributed by atoms with Crippen molar-refractivity contribution >= 4 is 17.6 Å². The van der Waals surface area contributed by atoms with Gasteiger partial charge in [0.2, 0.25) is 5.82 Å². The van der Waals surface area contributed by atoms with Gasteiger partial charge in [0.25, 0.3) is 5.89 Å². The van der Waals surface area contributed by atoms with E-state index in [1.807, 2.05) is 48.2 Å². The molecule has 2 aromatic heterocycles. The summed E-state index contributed by atoms with van der Waals surface area (Å²) in [5, 5.41) is 15.3. The monoisotopic (exact) mass is 363 g/mol. The minimum absolute atomic E-state index is 0.0211. The van der Waals surface area contributed by atoms with Gasteiger partial charge in [-0.15, -0.1) is 0 Å². The molecule has 1 aliphatic heterocycles. The van der Waals surface area contributed by atoms with Gasteiger partial charge < -0.3 is 9.42 Å². The van der Waals surface area contributed by atoms with Crippen molar-refractivity contribution in [2.24, 2.45) is 0 Å². The molecule has 1 aromatic carbocycles. The van der Waals surface area contributed by atoms with E-state index in [1.54, 1.807) is 6.07 Å². The van der Waals surface area contributed by atoms with Gasteiger partial charge in [-0.2, -0.15) is 4.98 Å². The van der Waals surface area contributed by atoms with E-state index in [2.05, 4.69) is 15.1 Å². The fourth-order valence-corrected chi connectivity index (χ4v) is 3.07. The summed E-state index contributed by atoms with van der Waals surface area (Å²) in [5.41, 5.74) is 2.71. The lowest BCUT2D eigenvalue weighted by atomic mass is 10.2. The summed E-state index contributed by atoms with van der Waals surface area (Å²) in [6, 6.07) is 12.7. The number of anilines is 1. The van der Waals surface area contributed by atoms with Crippen LogP contribution in [0.2, 0.25) is 0 Å². The molecular formula is C19H17N5O3. The maximum Gasteiger partial charge on any atom is 0.311 e. The smallest absolute Gasteiger partial charge is 0.311 e. The van der Waals surface area contributed by atoms with Gasteiger partial charge in [-0.25, -0.2) is 4.98 Å². The number of benzene rings is 1. The zero-order valence-corrected chi connectivity index (χ0v) is 14.7. The molecule has 0 saturated carbocycles. The molecule has 1 aliphatic rings. The van der Waals surface area contributed by atoms with E-state index in [4.69, 9.17) is 4.52 Å². The van der Waals surface area contributed by atoms with Gasteiger partial charge in [0, 0.05) is 30.4 Å². The number of aryl methyl sites for hydroxylation is 1. The lowest BCUT2D eigenvalue weighted by Gasteiger charge is -2.16. The third-order valence-electron chi connectivity index (χ3n) is 4.38. The van der Waals surface area contributed by atoms with Crippen LogP contribution in [0, 0.1) is 17.0 Å². The number of nitro groups is 1. The Kier molecular flexibility index (Phi) is 4.37. The van der Waals surface area contributed by atoms with Crippen LogP contribution in [0.3, 0.4) is 0 Å². The Morgan fingerprint density at radius 2 is 2.00 bits per heavy atom. The maximum absolute atomic E-state index is 11.3. The standard InChI is InChI=1S/C19H17N5O3/c1-13-7-8-16(24(25)26)18(20-13)23-10-9-14(12-23)11-17-21-19(27-22-17)15-5-3-2-4-6-15/h2-8,11H,9-10,12H2,1H3/b14-11+. The van der Waals surface area contributed by atoms with Crippen molar-refractivity contribution < 1.29 is 9.45 Å². The van der Waals surface area contributed by atoms with E-state index < -0.39 is 4.92 Å². The van der Waals surface area contributed by atoms with Crippen LogP contribution >= 0.6 is 0 Å². The van der Waals surface area contributed by atoms with Crippen molar-refractivity contribution in [2.45, 2.75) is 13.3 Å². The molecule has 8 heteroatoms. The lowest BCUT2D eigenvalue weighted by molar-refractivity contribution is -0.384. The molecule has 4 rings (SSSR count). The topological polar surface area (TPSA) is 98.2 Å². The highest BCUT2D eigenvalue weighted by Crippen LogP contribution is 2.31. The molecule has 0 unspecified atom stereocenters. The highest BCUT2D eigenvalue weighted by Gasteiger charge is 2.26. The third-order valence-corrected chi connectivity index (χ3v) is 4.38. The van der Waals surface area contributed by atoms with E-state index in [0.29, 0.717) is 30.6 Å². The van der Waals surface area contributed by atoms with Crippen LogP contribution in [0.1, 0.15) is 17.9 Å². The molecule has 3 aromatic rings. The molecule has 27 heavy (non-hydrogen) atoms. The molecule has 0 spiro atoms. The Morgan fingerprint density at radius 3 is 2.78 bits per heavy atom. The first-order valence-electron chi connectivity index (χ1n) is 8.56. The van der Waals surface area contributed by atoms with Crippen LogP contribution in [0.4, 0.5) is 11.5 Å². The quantitative estimate of drug-likeness (QED) is 0.515. The van der Waals surface area contributed by atoms with Crippen LogP contribution < -0.4 is 4.90 Å². The molecule has 0 N–H and O–H groups in total. The minimum Gasteiger partial charge on any atom is -0.347 e. The number of pyridine rings is 1. The Bertz CT molecular complexity index is 1010. The summed E-state index contributed by atoms with van der Waals surface area (Å²) in [6.45, 7) is 3.03. The molecule has 0 atom stereocenters. The second kappa shape index (κ2) is 6.99. The third kappa shape index (κ3) is 3.55. The number of hydrogen-bond acceptors (Lipinski definition) is 7. The molecule has 1 fully saturated rings. The number of hydrogen-bond donors (Lipinski definition) is 0. The van der Waals surface area contributed by atoms with Crippen molar-refractivity contribution in [3.05, 3.63) is 69.7 Å². The zero-order chi connectivity index (χ0) is 18.8. The fraction of sp³-hybridized carbons (Fsp3) is 0.211. The largest absolute Gasteiger partial charge is 0.347 e. The average Bonchev–Trinajstić information content (AvgIpc) is 3.32. The van der Waals surface area contributed by atoms with E-state index in [1.165, 1.54) is 6.07 Å². The van der Waals surface area contributed by atoms with E-state index in [0.717, 1.165) is 23.3 Å². The normalized spacial score (nSPS) is 15.4. The number of aromatic nitrogens is 3. The fourth-order valence-electron chi connectivity index (χ4n) is 3.07. The van der Waals surface area contributed by atoms with Gasteiger partial charge in [0.05, 0.1) is 4.92 Å². The first-order valence-corrected chi connectivity index (χ1v) is 8.56. The van der Waals surface area contributed by atoms with Gasteiger partial charge in [0.1, 0.15) is 0 Å². The maximum atomic E-state index is 11.3. The van der Waals surface area contributed by atoms with Crippen molar-refractivity contribution in [3.63, 3.8) is 0 Å². The predicted octanol–water partition coefficient (Wildman–Crippen LogP) is 3.64. The molecule has 8 nitrogen and oxygen atoms in total. The van der Waals surface area contributed by atoms with Crippen molar-refractivity contribution in [1.82, 2.24) is 15.1 Å². The van der Waals surface area contributed by atoms with Gasteiger partial charge in [-0.3, -0.25) is 10.1 Å². The Balaban J connectivity index is 1.55. The highest BCUT2D eigenvalue weighted by molar-refractivity contribution is 5.62. The van der Waals surface area contributed by atoms with E-state index >= 15 is 0 Å². The van der Waals surface area contributed by atoms with Gasteiger partial charge in [-0.1, -0.05) is 23.4 Å². The van der Waals surface area contributed by atoms with Crippen molar-refractivity contribution in [2.75, 3.05) is 18.0 Å². The molecule has 0 aliphatic carbocycles. The van der Waals surface area contributed by atoms with Crippen LogP contribution in [0.5, 0.6) is 0 Å². The van der Waals surface area contributed by atoms with Crippen LogP contribution in [0.25, 0.3) is 17.5 Å². The van der Waals surface area contributed by atoms with Gasteiger partial charge in [0.15, 0.2) is 5.82 Å². The summed E-state index contributed by atoms with van der Waals surface area (Å²) in [6.07, 6.45) is 2.64. The first-order chi connectivity index (χ1) is 13.1. The number of nitrogens with zero attached hydrogens (tertiary/aromatic N) is 5. The van der Waals surface area contributed by atoms with E-state index in [-0.39, 0.29) is 5.69 Å². The summed E-state index contributed by atoms with van der Waals surface area (Å²) in [5.74, 6) is 1.37. The molecule has 136 valence electrons. The van der Waals surface area contributed by atoms with Crippen molar-refractivity contribution in [1.29, 1.82) is 0 Å². The first kappa shape index (κ1) is 16.9. The number of rotatable bonds is 4. The second-order valence-electron chi connectivity index (χ2n) is 6.35. The molecule has 0 radical (unpaired) electrons. The van der Waals surface area contributed by atoms with E-state index in [9.17, 15) is 10.1 Å². The molecule has 1 saturated heterocycles. The van der Waals surface area contributed by atoms with Crippen LogP contribution in [-0.2, 0) is 0 Å². The lowest BCUT2D eigenvalue weighted by Crippen LogP contribution is -2.21. The van der Waals surface area contributed by atoms with Crippen LogP contribution in [0.15, 0.2) is 52.6 Å². The Labute approximate surface area is 155 Å². The predicted molar refractivity (Wildman–Crippen MR) is 100 cm³/mol. The minimum atomic E-state index is -0.394. The van der Waals surface area contributed by atoms with Crippen LogP contribution in [-0.4, -0.2) is 33.1 Å². The highest BCUT2D eigenvalue weighted by atomic mass is 16.6.